The van der Waals surface area contributed by atoms with E-state index in [2.05, 4.69) is 31.9 Å². The van der Waals surface area contributed by atoms with Crippen molar-refractivity contribution in [3.63, 3.8) is 0 Å². The van der Waals surface area contributed by atoms with Crippen LogP contribution in [0.15, 0.2) is 19.6 Å². The lowest BCUT2D eigenvalue weighted by molar-refractivity contribution is 0.122. The summed E-state index contributed by atoms with van der Waals surface area (Å²) in [6.45, 7) is 0. The minimum Gasteiger partial charge on any atom is -0.450 e. The highest BCUT2D eigenvalue weighted by Gasteiger charge is 2.45. The predicted octanol–water partition coefficient (Wildman–Crippen LogP) is 2.79. The van der Waals surface area contributed by atoms with Crippen LogP contribution in [-0.2, 0) is 5.60 Å². The van der Waals surface area contributed by atoms with Crippen LogP contribution in [0.1, 0.15) is 18.6 Å². The van der Waals surface area contributed by atoms with Crippen molar-refractivity contribution in [2.75, 3.05) is 0 Å². The summed E-state index contributed by atoms with van der Waals surface area (Å²) in [5, 5.41) is 9.60. The third-order valence-corrected chi connectivity index (χ3v) is 3.54. The van der Waals surface area contributed by atoms with Crippen LogP contribution in [0, 0.1) is 0 Å². The zero-order valence-corrected chi connectivity index (χ0v) is 8.77. The van der Waals surface area contributed by atoms with Crippen molar-refractivity contribution in [1.29, 1.82) is 0 Å². The van der Waals surface area contributed by atoms with Crippen molar-refractivity contribution in [2.45, 2.75) is 18.4 Å². The molecule has 0 aromatic carbocycles. The number of halogens is 2. The fourth-order valence-electron chi connectivity index (χ4n) is 0.941. The summed E-state index contributed by atoms with van der Waals surface area (Å²) >= 11 is 6.50. The average molecular weight is 282 g/mol. The van der Waals surface area contributed by atoms with Crippen LogP contribution in [-0.4, -0.2) is 5.11 Å². The highest BCUT2D eigenvalue weighted by molar-refractivity contribution is 9.13. The Morgan fingerprint density at radius 3 is 2.45 bits per heavy atom. The fourth-order valence-corrected chi connectivity index (χ4v) is 1.52. The van der Waals surface area contributed by atoms with Crippen LogP contribution in [0.25, 0.3) is 0 Å². The van der Waals surface area contributed by atoms with Crippen molar-refractivity contribution in [3.8, 4) is 0 Å². The van der Waals surface area contributed by atoms with Crippen molar-refractivity contribution in [1.82, 2.24) is 0 Å². The Kier molecular flexibility index (Phi) is 1.67. The van der Waals surface area contributed by atoms with Gasteiger partial charge < -0.3 is 9.52 Å². The topological polar surface area (TPSA) is 33.4 Å². The summed E-state index contributed by atoms with van der Waals surface area (Å²) in [7, 11) is 0. The Labute approximate surface area is 80.8 Å². The molecule has 1 fully saturated rings. The maximum Gasteiger partial charge on any atom is 0.183 e. The van der Waals surface area contributed by atoms with Crippen LogP contribution in [0.2, 0.25) is 0 Å². The molecular weight excluding hydrogens is 276 g/mol. The van der Waals surface area contributed by atoms with E-state index in [9.17, 15) is 5.11 Å². The molecular formula is C7H6Br2O2. The molecule has 0 bridgehead atoms. The Balaban J connectivity index is 2.39. The summed E-state index contributed by atoms with van der Waals surface area (Å²) in [5.74, 6) is 0.649. The summed E-state index contributed by atoms with van der Waals surface area (Å²) < 4.78 is 6.76. The Morgan fingerprint density at radius 2 is 2.09 bits per heavy atom. The third kappa shape index (κ3) is 1.27. The van der Waals surface area contributed by atoms with E-state index >= 15 is 0 Å². The minimum atomic E-state index is -0.672. The first kappa shape index (κ1) is 7.83. The van der Waals surface area contributed by atoms with Gasteiger partial charge >= 0.3 is 0 Å². The lowest BCUT2D eigenvalue weighted by Gasteiger charge is -1.99. The molecule has 1 aliphatic carbocycles. The highest BCUT2D eigenvalue weighted by Crippen LogP contribution is 2.47. The number of furan rings is 1. The maximum absolute atomic E-state index is 9.60. The second-order valence-electron chi connectivity index (χ2n) is 2.76. The minimum absolute atomic E-state index is 0.646. The van der Waals surface area contributed by atoms with Gasteiger partial charge in [-0.2, -0.15) is 0 Å². The molecule has 60 valence electrons. The van der Waals surface area contributed by atoms with E-state index in [1.807, 2.05) is 0 Å². The largest absolute Gasteiger partial charge is 0.450 e. The van der Waals surface area contributed by atoms with Gasteiger partial charge in [0.2, 0.25) is 0 Å². The molecule has 1 saturated carbocycles. The smallest absolute Gasteiger partial charge is 0.183 e. The van der Waals surface area contributed by atoms with Gasteiger partial charge in [0.05, 0.1) is 4.47 Å². The van der Waals surface area contributed by atoms with Crippen LogP contribution < -0.4 is 0 Å². The SMILES string of the molecule is OC1(c2cc(Br)c(Br)o2)CC1. The van der Waals surface area contributed by atoms with Gasteiger partial charge in [0.15, 0.2) is 4.67 Å². The highest BCUT2D eigenvalue weighted by atomic mass is 79.9. The molecule has 2 rings (SSSR count). The van der Waals surface area contributed by atoms with E-state index in [0.29, 0.717) is 10.4 Å². The van der Waals surface area contributed by atoms with Crippen molar-refractivity contribution in [2.24, 2.45) is 0 Å². The van der Waals surface area contributed by atoms with Gasteiger partial charge in [0, 0.05) is 0 Å². The zero-order chi connectivity index (χ0) is 8.06. The van der Waals surface area contributed by atoms with Gasteiger partial charge in [-0.1, -0.05) is 0 Å². The first-order valence-electron chi connectivity index (χ1n) is 3.29. The van der Waals surface area contributed by atoms with Gasteiger partial charge in [0.1, 0.15) is 11.4 Å². The molecule has 0 unspecified atom stereocenters. The summed E-state index contributed by atoms with van der Waals surface area (Å²) in [4.78, 5) is 0. The zero-order valence-electron chi connectivity index (χ0n) is 5.60. The summed E-state index contributed by atoms with van der Waals surface area (Å²) in [5.41, 5.74) is -0.672. The van der Waals surface area contributed by atoms with Crippen molar-refractivity contribution < 1.29 is 9.52 Å². The van der Waals surface area contributed by atoms with Crippen molar-refractivity contribution in [3.05, 3.63) is 21.0 Å². The number of rotatable bonds is 1. The van der Waals surface area contributed by atoms with E-state index in [0.717, 1.165) is 17.3 Å². The second kappa shape index (κ2) is 2.34. The molecule has 0 aliphatic heterocycles. The standard InChI is InChI=1S/C7H6Br2O2/c8-4-3-5(11-6(4)9)7(10)1-2-7/h3,10H,1-2H2. The first-order valence-corrected chi connectivity index (χ1v) is 4.88. The number of hydrogen-bond acceptors (Lipinski definition) is 2. The van der Waals surface area contributed by atoms with Gasteiger partial charge in [-0.3, -0.25) is 0 Å². The van der Waals surface area contributed by atoms with Crippen LogP contribution in [0.3, 0.4) is 0 Å². The van der Waals surface area contributed by atoms with Gasteiger partial charge in [0.25, 0.3) is 0 Å². The Morgan fingerprint density at radius 1 is 1.45 bits per heavy atom. The van der Waals surface area contributed by atoms with E-state index in [-0.39, 0.29) is 0 Å². The molecule has 1 aromatic rings. The molecule has 0 saturated heterocycles. The van der Waals surface area contributed by atoms with Crippen LogP contribution >= 0.6 is 31.9 Å². The first-order chi connectivity index (χ1) is 5.12. The lowest BCUT2D eigenvalue weighted by atomic mass is 10.2. The summed E-state index contributed by atoms with van der Waals surface area (Å²) in [6.07, 6.45) is 1.61. The average Bonchev–Trinajstić information content (AvgIpc) is 2.59. The number of hydrogen-bond donors (Lipinski definition) is 1. The van der Waals surface area contributed by atoms with E-state index in [4.69, 9.17) is 4.42 Å². The Bertz CT molecular complexity index is 269. The molecule has 4 heteroatoms. The van der Waals surface area contributed by atoms with Crippen LogP contribution in [0.4, 0.5) is 0 Å². The van der Waals surface area contributed by atoms with Crippen molar-refractivity contribution >= 4 is 31.9 Å². The molecule has 2 nitrogen and oxygen atoms in total. The predicted molar refractivity (Wildman–Crippen MR) is 47.2 cm³/mol. The Hall–Kier alpha value is 0.200. The van der Waals surface area contributed by atoms with Crippen LogP contribution in [0.5, 0.6) is 0 Å². The van der Waals surface area contributed by atoms with E-state index in [1.54, 1.807) is 6.07 Å². The number of aliphatic hydroxyl groups is 1. The molecule has 1 aliphatic rings. The summed E-state index contributed by atoms with van der Waals surface area (Å²) in [6, 6.07) is 1.80. The van der Waals surface area contributed by atoms with E-state index < -0.39 is 5.60 Å². The molecule has 0 spiro atoms. The monoisotopic (exact) mass is 280 g/mol. The van der Waals surface area contributed by atoms with Gasteiger partial charge in [-0.05, 0) is 50.8 Å². The molecule has 0 atom stereocenters. The third-order valence-electron chi connectivity index (χ3n) is 1.83. The molecule has 0 amide bonds. The lowest BCUT2D eigenvalue weighted by Crippen LogP contribution is -2.00. The molecule has 1 aromatic heterocycles. The maximum atomic E-state index is 9.60. The fraction of sp³-hybridized carbons (Fsp3) is 0.429. The molecule has 11 heavy (non-hydrogen) atoms. The van der Waals surface area contributed by atoms with Gasteiger partial charge in [-0.25, -0.2) is 0 Å². The molecule has 0 radical (unpaired) electrons. The normalized spacial score (nSPS) is 20.3. The second-order valence-corrected chi connectivity index (χ2v) is 4.34. The van der Waals surface area contributed by atoms with Gasteiger partial charge in [-0.15, -0.1) is 0 Å². The van der Waals surface area contributed by atoms with E-state index in [1.165, 1.54) is 0 Å². The molecule has 1 heterocycles. The quantitative estimate of drug-likeness (QED) is 0.859. The molecule has 1 N–H and O–H groups in total.